The number of nitrogens with zero attached hydrogens (tertiary/aromatic N) is 3. The maximum atomic E-state index is 12.5. The largest absolute Gasteiger partial charge is 0.369 e. The topological polar surface area (TPSA) is 62.7 Å². The molecule has 0 N–H and O–H groups in total. The lowest BCUT2D eigenvalue weighted by Gasteiger charge is -2.52. The molecule has 0 radical (unpaired) electrons. The van der Waals surface area contributed by atoms with Crippen molar-refractivity contribution in [1.82, 2.24) is 14.8 Å². The minimum Gasteiger partial charge on any atom is -0.369 e. The highest BCUT2D eigenvalue weighted by Crippen LogP contribution is 2.41. The van der Waals surface area contributed by atoms with Crippen LogP contribution in [0.4, 0.5) is 0 Å². The zero-order chi connectivity index (χ0) is 16.7. The van der Waals surface area contributed by atoms with E-state index >= 15 is 0 Å². The summed E-state index contributed by atoms with van der Waals surface area (Å²) in [6, 6.07) is 4.04. The highest BCUT2D eigenvalue weighted by Gasteiger charge is 2.52. The Balaban J connectivity index is 1.45. The van der Waals surface area contributed by atoms with E-state index in [0.717, 1.165) is 44.3 Å². The van der Waals surface area contributed by atoms with Gasteiger partial charge in [0.1, 0.15) is 0 Å². The molecule has 3 aliphatic rings. The molecule has 0 bridgehead atoms. The van der Waals surface area contributed by atoms with Crippen LogP contribution in [0.3, 0.4) is 0 Å². The smallest absolute Gasteiger partial charge is 0.255 e. The fourth-order valence-corrected chi connectivity index (χ4v) is 3.97. The molecule has 6 nitrogen and oxygen atoms in total. The van der Waals surface area contributed by atoms with E-state index in [1.54, 1.807) is 19.5 Å². The number of carbonyl (C=O) groups excluding carboxylic acids is 2. The SMILES string of the molecule is CO[C@H]1C(=O)N(C2CCN(C(=O)C3CC3)CC2)[C@H]1c1ccncc1. The molecule has 1 aromatic heterocycles. The molecule has 128 valence electrons. The molecule has 2 atom stereocenters. The monoisotopic (exact) mass is 329 g/mol. The van der Waals surface area contributed by atoms with Gasteiger partial charge in [-0.15, -0.1) is 0 Å². The zero-order valence-electron chi connectivity index (χ0n) is 13.9. The number of β-lactam (4-membered cyclic amide) rings is 1. The number of carbonyl (C=O) groups is 2. The van der Waals surface area contributed by atoms with Gasteiger partial charge in [0.25, 0.3) is 5.91 Å². The molecule has 2 aliphatic heterocycles. The summed E-state index contributed by atoms with van der Waals surface area (Å²) in [5.74, 6) is 0.643. The van der Waals surface area contributed by atoms with Crippen LogP contribution in [0.5, 0.6) is 0 Å². The highest BCUT2D eigenvalue weighted by molar-refractivity contribution is 5.89. The molecule has 24 heavy (non-hydrogen) atoms. The summed E-state index contributed by atoms with van der Waals surface area (Å²) in [5, 5.41) is 0. The quantitative estimate of drug-likeness (QED) is 0.783. The summed E-state index contributed by atoms with van der Waals surface area (Å²) in [6.45, 7) is 1.51. The van der Waals surface area contributed by atoms with E-state index in [1.165, 1.54) is 0 Å². The summed E-state index contributed by atoms with van der Waals surface area (Å²) in [6.07, 6.45) is 6.88. The number of amides is 2. The van der Waals surface area contributed by atoms with E-state index in [-0.39, 0.29) is 23.9 Å². The van der Waals surface area contributed by atoms with Crippen LogP contribution in [-0.4, -0.2) is 58.9 Å². The van der Waals surface area contributed by atoms with Crippen molar-refractivity contribution in [2.75, 3.05) is 20.2 Å². The third kappa shape index (κ3) is 2.59. The Hall–Kier alpha value is -1.95. The Bertz CT molecular complexity index is 624. The van der Waals surface area contributed by atoms with Crippen LogP contribution >= 0.6 is 0 Å². The Morgan fingerprint density at radius 3 is 2.42 bits per heavy atom. The number of aromatic nitrogens is 1. The van der Waals surface area contributed by atoms with E-state index < -0.39 is 6.10 Å². The van der Waals surface area contributed by atoms with E-state index in [9.17, 15) is 9.59 Å². The van der Waals surface area contributed by atoms with Crippen LogP contribution in [0, 0.1) is 5.92 Å². The third-order valence-electron chi connectivity index (χ3n) is 5.48. The van der Waals surface area contributed by atoms with Crippen molar-refractivity contribution >= 4 is 11.8 Å². The summed E-state index contributed by atoms with van der Waals surface area (Å²) >= 11 is 0. The lowest BCUT2D eigenvalue weighted by atomic mass is 9.86. The maximum absolute atomic E-state index is 12.5. The number of rotatable bonds is 4. The molecule has 0 unspecified atom stereocenters. The Kier molecular flexibility index (Phi) is 4.00. The van der Waals surface area contributed by atoms with Gasteiger partial charge in [0, 0.05) is 44.6 Å². The molecule has 0 aromatic carbocycles. The summed E-state index contributed by atoms with van der Waals surface area (Å²) in [4.78, 5) is 32.7. The molecule has 0 spiro atoms. The normalized spacial score (nSPS) is 28.0. The summed E-state index contributed by atoms with van der Waals surface area (Å²) in [5.41, 5.74) is 1.06. The van der Waals surface area contributed by atoms with Gasteiger partial charge >= 0.3 is 0 Å². The molecule has 3 heterocycles. The Labute approximate surface area is 141 Å². The van der Waals surface area contributed by atoms with Gasteiger partial charge in [-0.05, 0) is 43.4 Å². The number of hydrogen-bond donors (Lipinski definition) is 0. The molecular weight excluding hydrogens is 306 g/mol. The third-order valence-corrected chi connectivity index (χ3v) is 5.48. The van der Waals surface area contributed by atoms with Crippen molar-refractivity contribution in [2.45, 2.75) is 43.9 Å². The van der Waals surface area contributed by atoms with Crippen LogP contribution < -0.4 is 0 Å². The first kappa shape index (κ1) is 15.6. The standard InChI is InChI=1S/C18H23N3O3/c1-24-16-15(12-4-8-19-9-5-12)21(18(16)23)14-6-10-20(11-7-14)17(22)13-2-3-13/h4-5,8-9,13-16H,2-3,6-7,10-11H2,1H3/t15-,16+/m0/s1. The summed E-state index contributed by atoms with van der Waals surface area (Å²) in [7, 11) is 1.59. The minimum atomic E-state index is -0.404. The van der Waals surface area contributed by atoms with Gasteiger partial charge in [-0.2, -0.15) is 0 Å². The molecular formula is C18H23N3O3. The highest BCUT2D eigenvalue weighted by atomic mass is 16.5. The fraction of sp³-hybridized carbons (Fsp3) is 0.611. The molecule has 3 fully saturated rings. The van der Waals surface area contributed by atoms with Gasteiger partial charge in [-0.1, -0.05) is 0 Å². The first-order valence-electron chi connectivity index (χ1n) is 8.74. The number of likely N-dealkylation sites (tertiary alicyclic amines) is 2. The first-order valence-corrected chi connectivity index (χ1v) is 8.74. The van der Waals surface area contributed by atoms with Gasteiger partial charge < -0.3 is 14.5 Å². The molecule has 1 saturated carbocycles. The fourth-order valence-electron chi connectivity index (χ4n) is 3.97. The number of methoxy groups -OCH3 is 1. The molecule has 1 aromatic rings. The molecule has 1 aliphatic carbocycles. The lowest BCUT2D eigenvalue weighted by Crippen LogP contribution is -2.64. The van der Waals surface area contributed by atoms with E-state index in [2.05, 4.69) is 4.98 Å². The van der Waals surface area contributed by atoms with Crippen LogP contribution in [0.2, 0.25) is 0 Å². The average molecular weight is 329 g/mol. The van der Waals surface area contributed by atoms with Crippen molar-refractivity contribution in [3.8, 4) is 0 Å². The Morgan fingerprint density at radius 2 is 1.83 bits per heavy atom. The second-order valence-electron chi connectivity index (χ2n) is 6.96. The lowest BCUT2D eigenvalue weighted by molar-refractivity contribution is -0.178. The number of piperidine rings is 1. The van der Waals surface area contributed by atoms with Crippen LogP contribution in [0.1, 0.15) is 37.3 Å². The molecule has 4 rings (SSSR count). The van der Waals surface area contributed by atoms with Crippen molar-refractivity contribution in [1.29, 1.82) is 0 Å². The zero-order valence-corrected chi connectivity index (χ0v) is 13.9. The number of hydrogen-bond acceptors (Lipinski definition) is 4. The number of ether oxygens (including phenoxy) is 1. The van der Waals surface area contributed by atoms with Gasteiger partial charge in [0.15, 0.2) is 6.10 Å². The predicted molar refractivity (Wildman–Crippen MR) is 86.9 cm³/mol. The van der Waals surface area contributed by atoms with Crippen LogP contribution in [0.25, 0.3) is 0 Å². The number of pyridine rings is 1. The van der Waals surface area contributed by atoms with Gasteiger partial charge in [0.05, 0.1) is 6.04 Å². The van der Waals surface area contributed by atoms with Crippen molar-refractivity contribution in [2.24, 2.45) is 5.92 Å². The molecule has 2 amide bonds. The van der Waals surface area contributed by atoms with Crippen molar-refractivity contribution in [3.05, 3.63) is 30.1 Å². The van der Waals surface area contributed by atoms with Gasteiger partial charge in [-0.3, -0.25) is 14.6 Å². The predicted octanol–water partition coefficient (Wildman–Crippen LogP) is 1.38. The molecule has 2 saturated heterocycles. The molecule has 6 heteroatoms. The maximum Gasteiger partial charge on any atom is 0.255 e. The second-order valence-corrected chi connectivity index (χ2v) is 6.96. The van der Waals surface area contributed by atoms with Crippen LogP contribution in [-0.2, 0) is 14.3 Å². The minimum absolute atomic E-state index is 0.0406. The van der Waals surface area contributed by atoms with Gasteiger partial charge in [0.2, 0.25) is 5.91 Å². The van der Waals surface area contributed by atoms with E-state index in [4.69, 9.17) is 4.74 Å². The van der Waals surface area contributed by atoms with Crippen molar-refractivity contribution in [3.63, 3.8) is 0 Å². The van der Waals surface area contributed by atoms with E-state index in [0.29, 0.717) is 5.91 Å². The van der Waals surface area contributed by atoms with Crippen molar-refractivity contribution < 1.29 is 14.3 Å². The Morgan fingerprint density at radius 1 is 1.17 bits per heavy atom. The van der Waals surface area contributed by atoms with Crippen LogP contribution in [0.15, 0.2) is 24.5 Å². The van der Waals surface area contributed by atoms with E-state index in [1.807, 2.05) is 21.9 Å². The van der Waals surface area contributed by atoms with Gasteiger partial charge in [-0.25, -0.2) is 0 Å². The first-order chi connectivity index (χ1) is 11.7. The second kappa shape index (κ2) is 6.16. The average Bonchev–Trinajstić information content (AvgIpc) is 3.46. The summed E-state index contributed by atoms with van der Waals surface area (Å²) < 4.78 is 5.41.